The fraction of sp³-hybridized carbons (Fsp3) is 0.231. The van der Waals surface area contributed by atoms with Gasteiger partial charge in [0, 0.05) is 16.0 Å². The molecule has 0 radical (unpaired) electrons. The summed E-state index contributed by atoms with van der Waals surface area (Å²) < 4.78 is 0. The number of nitrogens with zero attached hydrogens (tertiary/aromatic N) is 1. The van der Waals surface area contributed by atoms with Gasteiger partial charge in [0.1, 0.15) is 0 Å². The minimum absolute atomic E-state index is 0.0291. The van der Waals surface area contributed by atoms with E-state index in [-0.39, 0.29) is 5.91 Å². The lowest BCUT2D eigenvalue weighted by molar-refractivity contribution is -0.115. The SMILES string of the molecule is CSc1cccc(NC(=O)Cc2csc(C)n2)c1. The molecule has 2 aromatic rings. The molecule has 0 aliphatic heterocycles. The second-order valence-electron chi connectivity index (χ2n) is 3.81. The number of thioether (sulfide) groups is 1. The zero-order valence-corrected chi connectivity index (χ0v) is 11.9. The van der Waals surface area contributed by atoms with Crippen molar-refractivity contribution in [2.24, 2.45) is 0 Å². The first-order chi connectivity index (χ1) is 8.67. The Morgan fingerprint density at radius 1 is 1.50 bits per heavy atom. The van der Waals surface area contributed by atoms with Crippen LogP contribution in [-0.2, 0) is 11.2 Å². The van der Waals surface area contributed by atoms with Crippen molar-refractivity contribution in [3.05, 3.63) is 40.3 Å². The number of amides is 1. The van der Waals surface area contributed by atoms with Gasteiger partial charge in [-0.25, -0.2) is 4.98 Å². The second-order valence-corrected chi connectivity index (χ2v) is 5.76. The molecule has 1 N–H and O–H groups in total. The predicted octanol–water partition coefficient (Wildman–Crippen LogP) is 3.35. The lowest BCUT2D eigenvalue weighted by Crippen LogP contribution is -2.14. The Balaban J connectivity index is 1.98. The van der Waals surface area contributed by atoms with Gasteiger partial charge in [-0.3, -0.25) is 4.79 Å². The Morgan fingerprint density at radius 3 is 3.00 bits per heavy atom. The third kappa shape index (κ3) is 3.58. The monoisotopic (exact) mass is 278 g/mol. The number of carbonyl (C=O) groups excluding carboxylic acids is 1. The van der Waals surface area contributed by atoms with E-state index in [0.29, 0.717) is 6.42 Å². The Morgan fingerprint density at radius 2 is 2.33 bits per heavy atom. The van der Waals surface area contributed by atoms with Gasteiger partial charge >= 0.3 is 0 Å². The average Bonchev–Trinajstić information content (AvgIpc) is 2.74. The van der Waals surface area contributed by atoms with Gasteiger partial charge in [0.2, 0.25) is 5.91 Å². The lowest BCUT2D eigenvalue weighted by atomic mass is 10.3. The molecule has 0 aliphatic carbocycles. The number of aryl methyl sites for hydroxylation is 1. The van der Waals surface area contributed by atoms with Crippen LogP contribution in [0.15, 0.2) is 34.5 Å². The summed E-state index contributed by atoms with van der Waals surface area (Å²) in [6.07, 6.45) is 2.34. The summed E-state index contributed by atoms with van der Waals surface area (Å²) >= 11 is 3.22. The molecule has 0 bridgehead atoms. The molecule has 0 atom stereocenters. The molecular weight excluding hydrogens is 264 g/mol. The van der Waals surface area contributed by atoms with Crippen LogP contribution in [0, 0.1) is 6.92 Å². The number of benzene rings is 1. The maximum atomic E-state index is 11.8. The highest BCUT2D eigenvalue weighted by molar-refractivity contribution is 7.98. The molecule has 1 aromatic carbocycles. The third-order valence-corrected chi connectivity index (χ3v) is 3.91. The van der Waals surface area contributed by atoms with E-state index in [1.165, 1.54) is 0 Å². The van der Waals surface area contributed by atoms with Crippen LogP contribution >= 0.6 is 23.1 Å². The van der Waals surface area contributed by atoms with E-state index in [1.54, 1.807) is 23.1 Å². The van der Waals surface area contributed by atoms with Gasteiger partial charge in [0.05, 0.1) is 17.1 Å². The van der Waals surface area contributed by atoms with Gasteiger partial charge in [0.15, 0.2) is 0 Å². The van der Waals surface area contributed by atoms with E-state index >= 15 is 0 Å². The van der Waals surface area contributed by atoms with Gasteiger partial charge in [-0.05, 0) is 31.4 Å². The van der Waals surface area contributed by atoms with Crippen molar-refractivity contribution in [3.8, 4) is 0 Å². The molecule has 0 unspecified atom stereocenters. The van der Waals surface area contributed by atoms with Crippen molar-refractivity contribution in [1.29, 1.82) is 0 Å². The normalized spacial score (nSPS) is 10.3. The molecule has 2 rings (SSSR count). The standard InChI is InChI=1S/C13H14N2OS2/c1-9-14-11(8-18-9)7-13(16)15-10-4-3-5-12(6-10)17-2/h3-6,8H,7H2,1-2H3,(H,15,16). The van der Waals surface area contributed by atoms with Crippen molar-refractivity contribution in [1.82, 2.24) is 4.98 Å². The van der Waals surface area contributed by atoms with Gasteiger partial charge in [-0.2, -0.15) is 0 Å². The molecule has 94 valence electrons. The summed E-state index contributed by atoms with van der Waals surface area (Å²) in [5.41, 5.74) is 1.66. The fourth-order valence-corrected chi connectivity index (χ4v) is 2.63. The van der Waals surface area contributed by atoms with E-state index in [1.807, 2.05) is 42.8 Å². The maximum Gasteiger partial charge on any atom is 0.230 e. The van der Waals surface area contributed by atoms with Crippen molar-refractivity contribution >= 4 is 34.7 Å². The van der Waals surface area contributed by atoms with Crippen LogP contribution in [0.5, 0.6) is 0 Å². The zero-order valence-electron chi connectivity index (χ0n) is 10.3. The molecule has 0 fully saturated rings. The highest BCUT2D eigenvalue weighted by Gasteiger charge is 2.07. The summed E-state index contributed by atoms with van der Waals surface area (Å²) in [5, 5.41) is 5.80. The molecule has 5 heteroatoms. The number of thiazole rings is 1. The summed E-state index contributed by atoms with van der Waals surface area (Å²) in [5.74, 6) is -0.0291. The Bertz CT molecular complexity index is 551. The number of aromatic nitrogens is 1. The Hall–Kier alpha value is -1.33. The molecule has 0 saturated carbocycles. The van der Waals surface area contributed by atoms with Gasteiger partial charge < -0.3 is 5.32 Å². The van der Waals surface area contributed by atoms with Gasteiger partial charge in [0.25, 0.3) is 0 Å². The van der Waals surface area contributed by atoms with Crippen molar-refractivity contribution in [2.45, 2.75) is 18.2 Å². The molecule has 1 amide bonds. The number of anilines is 1. The number of hydrogen-bond acceptors (Lipinski definition) is 4. The van der Waals surface area contributed by atoms with Crippen LogP contribution in [0.1, 0.15) is 10.7 Å². The number of rotatable bonds is 4. The Labute approximate surface area is 115 Å². The summed E-state index contributed by atoms with van der Waals surface area (Å²) in [7, 11) is 0. The van der Waals surface area contributed by atoms with Crippen molar-refractivity contribution in [3.63, 3.8) is 0 Å². The smallest absolute Gasteiger partial charge is 0.230 e. The fourth-order valence-electron chi connectivity index (χ4n) is 1.56. The van der Waals surface area contributed by atoms with Crippen LogP contribution < -0.4 is 5.32 Å². The first kappa shape index (κ1) is 13.1. The van der Waals surface area contributed by atoms with Gasteiger partial charge in [-0.1, -0.05) is 6.07 Å². The summed E-state index contributed by atoms with van der Waals surface area (Å²) in [6, 6.07) is 7.82. The second kappa shape index (κ2) is 6.02. The predicted molar refractivity (Wildman–Crippen MR) is 77.4 cm³/mol. The molecule has 1 heterocycles. The lowest BCUT2D eigenvalue weighted by Gasteiger charge is -2.05. The molecule has 0 saturated heterocycles. The van der Waals surface area contributed by atoms with E-state index in [9.17, 15) is 4.79 Å². The molecule has 0 aliphatic rings. The Kier molecular flexibility index (Phi) is 4.38. The van der Waals surface area contributed by atoms with Crippen LogP contribution in [0.25, 0.3) is 0 Å². The van der Waals surface area contributed by atoms with Crippen LogP contribution in [0.3, 0.4) is 0 Å². The van der Waals surface area contributed by atoms with E-state index < -0.39 is 0 Å². The molecular formula is C13H14N2OS2. The molecule has 18 heavy (non-hydrogen) atoms. The van der Waals surface area contributed by atoms with E-state index in [2.05, 4.69) is 10.3 Å². The topological polar surface area (TPSA) is 42.0 Å². The highest BCUT2D eigenvalue weighted by Crippen LogP contribution is 2.19. The maximum absolute atomic E-state index is 11.8. The van der Waals surface area contributed by atoms with Crippen LogP contribution in [0.4, 0.5) is 5.69 Å². The average molecular weight is 278 g/mol. The van der Waals surface area contributed by atoms with Gasteiger partial charge in [-0.15, -0.1) is 23.1 Å². The van der Waals surface area contributed by atoms with E-state index in [0.717, 1.165) is 21.3 Å². The van der Waals surface area contributed by atoms with Crippen molar-refractivity contribution in [2.75, 3.05) is 11.6 Å². The third-order valence-electron chi connectivity index (χ3n) is 2.36. The number of carbonyl (C=O) groups is 1. The molecule has 0 spiro atoms. The molecule has 1 aromatic heterocycles. The first-order valence-corrected chi connectivity index (χ1v) is 7.63. The van der Waals surface area contributed by atoms with Crippen LogP contribution in [-0.4, -0.2) is 17.1 Å². The first-order valence-electron chi connectivity index (χ1n) is 5.52. The van der Waals surface area contributed by atoms with Crippen LogP contribution in [0.2, 0.25) is 0 Å². The number of nitrogens with one attached hydrogen (secondary N) is 1. The minimum atomic E-state index is -0.0291. The van der Waals surface area contributed by atoms with Crippen molar-refractivity contribution < 1.29 is 4.79 Å². The van der Waals surface area contributed by atoms with E-state index in [4.69, 9.17) is 0 Å². The zero-order chi connectivity index (χ0) is 13.0. The largest absolute Gasteiger partial charge is 0.326 e. The highest BCUT2D eigenvalue weighted by atomic mass is 32.2. The number of hydrogen-bond donors (Lipinski definition) is 1. The minimum Gasteiger partial charge on any atom is -0.326 e. The quantitative estimate of drug-likeness (QED) is 0.872. The summed E-state index contributed by atoms with van der Waals surface area (Å²) in [4.78, 5) is 17.3. The summed E-state index contributed by atoms with van der Waals surface area (Å²) in [6.45, 7) is 1.94. The molecule has 3 nitrogen and oxygen atoms in total.